The van der Waals surface area contributed by atoms with Crippen molar-refractivity contribution >= 4 is 17.4 Å². The Morgan fingerprint density at radius 2 is 2.19 bits per heavy atom. The maximum absolute atomic E-state index is 9.65. The zero-order valence-electron chi connectivity index (χ0n) is 9.72. The van der Waals surface area contributed by atoms with Gasteiger partial charge in [-0.2, -0.15) is 0 Å². The van der Waals surface area contributed by atoms with Crippen LogP contribution < -0.4 is 5.73 Å². The molecule has 16 heavy (non-hydrogen) atoms. The van der Waals surface area contributed by atoms with Crippen LogP contribution in [0.2, 0.25) is 0 Å². The van der Waals surface area contributed by atoms with E-state index in [1.54, 1.807) is 11.8 Å². The molecule has 0 spiro atoms. The first kappa shape index (κ1) is 13.4. The number of thioether (sulfide) groups is 1. The van der Waals surface area contributed by atoms with Crippen LogP contribution in [0.5, 0.6) is 0 Å². The topological polar surface area (TPSA) is 55.5 Å². The van der Waals surface area contributed by atoms with Crippen LogP contribution in [-0.4, -0.2) is 29.7 Å². The maximum atomic E-state index is 9.65. The molecule has 1 unspecified atom stereocenters. The molecule has 1 atom stereocenters. The van der Waals surface area contributed by atoms with E-state index in [0.717, 1.165) is 10.6 Å². The van der Waals surface area contributed by atoms with Crippen molar-refractivity contribution in [1.29, 1.82) is 0 Å². The van der Waals surface area contributed by atoms with E-state index in [1.807, 2.05) is 38.1 Å². The summed E-state index contributed by atoms with van der Waals surface area (Å²) in [6.07, 6.45) is -0.277. The monoisotopic (exact) mass is 241 g/mol. The van der Waals surface area contributed by atoms with E-state index in [0.29, 0.717) is 12.4 Å². The lowest BCUT2D eigenvalue weighted by Gasteiger charge is -2.13. The second kappa shape index (κ2) is 6.78. The molecule has 3 N–H and O–H groups in total. The molecule has 0 aliphatic heterocycles. The number of nitrogens with two attached hydrogens (primary N) is 1. The molecule has 0 saturated carbocycles. The summed E-state index contributed by atoms with van der Waals surface area (Å²) in [6.45, 7) is 4.29. The van der Waals surface area contributed by atoms with Crippen LogP contribution in [-0.2, 0) is 4.74 Å². The highest BCUT2D eigenvalue weighted by molar-refractivity contribution is 7.99. The largest absolute Gasteiger partial charge is 0.399 e. The lowest BCUT2D eigenvalue weighted by atomic mass is 10.3. The molecule has 0 heterocycles. The van der Waals surface area contributed by atoms with Gasteiger partial charge >= 0.3 is 0 Å². The number of ether oxygens (including phenoxy) is 1. The minimum atomic E-state index is -0.436. The summed E-state index contributed by atoms with van der Waals surface area (Å²) in [4.78, 5) is 1.07. The molecule has 4 heteroatoms. The Labute approximate surface area is 101 Å². The second-order valence-electron chi connectivity index (χ2n) is 3.92. The lowest BCUT2D eigenvalue weighted by Crippen LogP contribution is -2.20. The average molecular weight is 241 g/mol. The van der Waals surface area contributed by atoms with Gasteiger partial charge in [-0.1, -0.05) is 6.07 Å². The van der Waals surface area contributed by atoms with E-state index in [2.05, 4.69) is 0 Å². The summed E-state index contributed by atoms with van der Waals surface area (Å²) < 4.78 is 5.33. The quantitative estimate of drug-likeness (QED) is 0.592. The average Bonchev–Trinajstić information content (AvgIpc) is 2.23. The van der Waals surface area contributed by atoms with E-state index in [1.165, 1.54) is 0 Å². The Kier molecular flexibility index (Phi) is 5.66. The Balaban J connectivity index is 2.28. The first-order valence-electron chi connectivity index (χ1n) is 5.36. The fourth-order valence-electron chi connectivity index (χ4n) is 1.15. The molecule has 0 saturated heterocycles. The normalized spacial score (nSPS) is 13.0. The molecule has 3 nitrogen and oxygen atoms in total. The van der Waals surface area contributed by atoms with Crippen LogP contribution in [0.15, 0.2) is 29.2 Å². The Morgan fingerprint density at radius 3 is 2.81 bits per heavy atom. The minimum Gasteiger partial charge on any atom is -0.399 e. The zero-order chi connectivity index (χ0) is 12.0. The molecule has 0 aromatic heterocycles. The smallest absolute Gasteiger partial charge is 0.0867 e. The van der Waals surface area contributed by atoms with Crippen molar-refractivity contribution in [3.63, 3.8) is 0 Å². The number of aliphatic hydroxyl groups excluding tert-OH is 1. The Hall–Kier alpha value is -0.710. The number of benzene rings is 1. The summed E-state index contributed by atoms with van der Waals surface area (Å²) in [5, 5.41) is 9.65. The molecule has 90 valence electrons. The number of hydrogen-bond donors (Lipinski definition) is 2. The first-order chi connectivity index (χ1) is 7.58. The van der Waals surface area contributed by atoms with Crippen molar-refractivity contribution in [2.75, 3.05) is 18.1 Å². The van der Waals surface area contributed by atoms with Crippen LogP contribution >= 0.6 is 11.8 Å². The van der Waals surface area contributed by atoms with Crippen LogP contribution in [0.4, 0.5) is 5.69 Å². The van der Waals surface area contributed by atoms with Crippen molar-refractivity contribution in [3.8, 4) is 0 Å². The van der Waals surface area contributed by atoms with Crippen LogP contribution in [0.1, 0.15) is 13.8 Å². The minimum absolute atomic E-state index is 0.159. The van der Waals surface area contributed by atoms with Crippen molar-refractivity contribution in [2.24, 2.45) is 0 Å². The van der Waals surface area contributed by atoms with Gasteiger partial charge in [0, 0.05) is 16.3 Å². The molecule has 1 aromatic carbocycles. The van der Waals surface area contributed by atoms with Crippen molar-refractivity contribution in [3.05, 3.63) is 24.3 Å². The van der Waals surface area contributed by atoms with Gasteiger partial charge in [-0.25, -0.2) is 0 Å². The highest BCUT2D eigenvalue weighted by Gasteiger charge is 2.06. The highest BCUT2D eigenvalue weighted by atomic mass is 32.2. The van der Waals surface area contributed by atoms with Gasteiger partial charge in [-0.15, -0.1) is 11.8 Å². The van der Waals surface area contributed by atoms with E-state index in [4.69, 9.17) is 10.5 Å². The van der Waals surface area contributed by atoms with Gasteiger partial charge < -0.3 is 15.6 Å². The standard InChI is InChI=1S/C12H19NO2S/c1-9(2)15-7-11(14)8-16-12-5-3-4-10(13)6-12/h3-6,9,11,14H,7-8,13H2,1-2H3. The molecular formula is C12H19NO2S. The predicted molar refractivity (Wildman–Crippen MR) is 68.7 cm³/mol. The summed E-state index contributed by atoms with van der Waals surface area (Å²) in [5.74, 6) is 0.621. The van der Waals surface area contributed by atoms with Crippen LogP contribution in [0, 0.1) is 0 Å². The van der Waals surface area contributed by atoms with Gasteiger partial charge in [-0.05, 0) is 32.0 Å². The number of nitrogen functional groups attached to an aromatic ring is 1. The summed E-state index contributed by atoms with van der Waals surface area (Å²) in [6, 6.07) is 7.65. The summed E-state index contributed by atoms with van der Waals surface area (Å²) >= 11 is 1.58. The SMILES string of the molecule is CC(C)OCC(O)CSc1cccc(N)c1. The fraction of sp³-hybridized carbons (Fsp3) is 0.500. The van der Waals surface area contributed by atoms with Gasteiger partial charge in [0.05, 0.1) is 18.8 Å². The molecule has 0 amide bonds. The molecular weight excluding hydrogens is 222 g/mol. The number of anilines is 1. The van der Waals surface area contributed by atoms with Crippen LogP contribution in [0.25, 0.3) is 0 Å². The van der Waals surface area contributed by atoms with Crippen molar-refractivity contribution in [1.82, 2.24) is 0 Å². The summed E-state index contributed by atoms with van der Waals surface area (Å²) in [7, 11) is 0. The molecule has 1 rings (SSSR count). The van der Waals surface area contributed by atoms with Gasteiger partial charge in [0.2, 0.25) is 0 Å². The molecule has 0 aliphatic rings. The van der Waals surface area contributed by atoms with Gasteiger partial charge in [0.1, 0.15) is 0 Å². The number of hydrogen-bond acceptors (Lipinski definition) is 4. The van der Waals surface area contributed by atoms with Gasteiger partial charge in [0.15, 0.2) is 0 Å². The van der Waals surface area contributed by atoms with Crippen molar-refractivity contribution < 1.29 is 9.84 Å². The van der Waals surface area contributed by atoms with E-state index >= 15 is 0 Å². The maximum Gasteiger partial charge on any atom is 0.0867 e. The van der Waals surface area contributed by atoms with Crippen molar-refractivity contribution in [2.45, 2.75) is 31.0 Å². The Morgan fingerprint density at radius 1 is 1.44 bits per heavy atom. The van der Waals surface area contributed by atoms with Gasteiger partial charge in [0.25, 0.3) is 0 Å². The molecule has 1 aromatic rings. The molecule has 0 bridgehead atoms. The third kappa shape index (κ3) is 5.39. The molecule has 0 aliphatic carbocycles. The lowest BCUT2D eigenvalue weighted by molar-refractivity contribution is 0.0152. The molecule has 0 fully saturated rings. The third-order valence-corrected chi connectivity index (χ3v) is 3.06. The third-order valence-electron chi connectivity index (χ3n) is 1.92. The zero-order valence-corrected chi connectivity index (χ0v) is 10.5. The highest BCUT2D eigenvalue weighted by Crippen LogP contribution is 2.20. The summed E-state index contributed by atoms with van der Waals surface area (Å²) in [5.41, 5.74) is 6.41. The number of aliphatic hydroxyl groups is 1. The van der Waals surface area contributed by atoms with E-state index in [9.17, 15) is 5.11 Å². The molecule has 0 radical (unpaired) electrons. The Bertz CT molecular complexity index is 318. The number of rotatable bonds is 6. The predicted octanol–water partition coefficient (Wildman–Crippen LogP) is 2.15. The van der Waals surface area contributed by atoms with E-state index < -0.39 is 6.10 Å². The fourth-order valence-corrected chi connectivity index (χ4v) is 2.02. The second-order valence-corrected chi connectivity index (χ2v) is 5.01. The van der Waals surface area contributed by atoms with Gasteiger partial charge in [-0.3, -0.25) is 0 Å². The van der Waals surface area contributed by atoms with E-state index in [-0.39, 0.29) is 6.10 Å². The first-order valence-corrected chi connectivity index (χ1v) is 6.34. The van der Waals surface area contributed by atoms with Crippen LogP contribution in [0.3, 0.4) is 0 Å².